The normalized spacial score (nSPS) is 14.0. The lowest BCUT2D eigenvalue weighted by molar-refractivity contribution is 0.981. The summed E-state index contributed by atoms with van der Waals surface area (Å²) in [6.45, 7) is 2.81. The molecule has 0 atom stereocenters. The number of aromatic nitrogens is 2. The Balaban J connectivity index is 1.58. The Bertz CT molecular complexity index is 625. The number of nitrogens with zero attached hydrogens (tertiary/aromatic N) is 2. The fraction of sp³-hybridized carbons (Fsp3) is 0.375. The summed E-state index contributed by atoms with van der Waals surface area (Å²) >= 11 is 5.99. The molecule has 2 aromatic rings. The first kappa shape index (κ1) is 14.1. The van der Waals surface area contributed by atoms with Gasteiger partial charge in [-0.1, -0.05) is 23.7 Å². The van der Waals surface area contributed by atoms with Crippen molar-refractivity contribution in [2.75, 3.05) is 17.2 Å². The van der Waals surface area contributed by atoms with Crippen LogP contribution < -0.4 is 10.6 Å². The first-order chi connectivity index (χ1) is 10.2. The highest BCUT2D eigenvalue weighted by atomic mass is 35.5. The summed E-state index contributed by atoms with van der Waals surface area (Å²) in [7, 11) is 0. The first-order valence-corrected chi connectivity index (χ1v) is 7.67. The number of hydrogen-bond acceptors (Lipinski definition) is 4. The van der Waals surface area contributed by atoms with E-state index >= 15 is 0 Å². The van der Waals surface area contributed by atoms with Crippen LogP contribution in [0.15, 0.2) is 30.3 Å². The molecule has 1 aliphatic carbocycles. The average Bonchev–Trinajstić information content (AvgIpc) is 3.22. The van der Waals surface area contributed by atoms with Gasteiger partial charge in [0.1, 0.15) is 5.82 Å². The van der Waals surface area contributed by atoms with E-state index in [1.54, 1.807) is 0 Å². The largest absolute Gasteiger partial charge is 0.370 e. The summed E-state index contributed by atoms with van der Waals surface area (Å²) < 4.78 is 0. The maximum atomic E-state index is 5.99. The number of halogens is 1. The summed E-state index contributed by atoms with van der Waals surface area (Å²) in [6.07, 6.45) is 3.35. The van der Waals surface area contributed by atoms with Gasteiger partial charge in [-0.3, -0.25) is 0 Å². The molecule has 0 amide bonds. The van der Waals surface area contributed by atoms with E-state index in [-0.39, 0.29) is 0 Å². The van der Waals surface area contributed by atoms with E-state index < -0.39 is 0 Å². The molecular formula is C16H19ClN4. The second-order valence-corrected chi connectivity index (χ2v) is 5.88. The number of benzene rings is 1. The molecule has 1 aromatic carbocycles. The van der Waals surface area contributed by atoms with E-state index in [1.165, 1.54) is 18.4 Å². The van der Waals surface area contributed by atoms with Crippen molar-refractivity contribution in [1.82, 2.24) is 9.97 Å². The highest BCUT2D eigenvalue weighted by Crippen LogP contribution is 2.23. The first-order valence-electron chi connectivity index (χ1n) is 7.29. The summed E-state index contributed by atoms with van der Waals surface area (Å²) in [5.41, 5.74) is 2.19. The molecule has 0 saturated heterocycles. The van der Waals surface area contributed by atoms with Gasteiger partial charge < -0.3 is 10.6 Å². The maximum Gasteiger partial charge on any atom is 0.225 e. The van der Waals surface area contributed by atoms with Gasteiger partial charge in [0.05, 0.1) is 0 Å². The van der Waals surface area contributed by atoms with Crippen molar-refractivity contribution in [1.29, 1.82) is 0 Å². The molecule has 1 heterocycles. The number of rotatable bonds is 6. The van der Waals surface area contributed by atoms with Gasteiger partial charge in [-0.05, 0) is 43.9 Å². The van der Waals surface area contributed by atoms with Gasteiger partial charge in [-0.15, -0.1) is 0 Å². The Kier molecular flexibility index (Phi) is 4.25. The van der Waals surface area contributed by atoms with Crippen LogP contribution in [-0.2, 0) is 6.42 Å². The van der Waals surface area contributed by atoms with E-state index in [9.17, 15) is 0 Å². The molecule has 2 N–H and O–H groups in total. The van der Waals surface area contributed by atoms with Crippen LogP contribution in [-0.4, -0.2) is 22.6 Å². The highest BCUT2D eigenvalue weighted by molar-refractivity contribution is 6.30. The molecule has 1 saturated carbocycles. The van der Waals surface area contributed by atoms with Crippen molar-refractivity contribution in [2.45, 2.75) is 32.2 Å². The van der Waals surface area contributed by atoms with E-state index in [0.717, 1.165) is 35.4 Å². The molecule has 4 nitrogen and oxygen atoms in total. The van der Waals surface area contributed by atoms with Crippen LogP contribution in [0.4, 0.5) is 11.8 Å². The molecule has 5 heteroatoms. The lowest BCUT2D eigenvalue weighted by Crippen LogP contribution is -2.11. The standard InChI is InChI=1S/C16H19ClN4/c1-11-9-15(21-16(19-11)20-14-5-6-14)18-8-7-12-3-2-4-13(17)10-12/h2-4,9-10,14H,5-8H2,1H3,(H2,18,19,20,21). The molecule has 0 radical (unpaired) electrons. The Hall–Kier alpha value is -1.81. The number of nitrogens with one attached hydrogen (secondary N) is 2. The fourth-order valence-electron chi connectivity index (χ4n) is 2.16. The third-order valence-electron chi connectivity index (χ3n) is 3.37. The highest BCUT2D eigenvalue weighted by Gasteiger charge is 2.22. The summed E-state index contributed by atoms with van der Waals surface area (Å²) in [5.74, 6) is 1.59. The van der Waals surface area contributed by atoms with Crippen molar-refractivity contribution >= 4 is 23.4 Å². The predicted molar refractivity (Wildman–Crippen MR) is 87.1 cm³/mol. The van der Waals surface area contributed by atoms with E-state index in [2.05, 4.69) is 26.7 Å². The summed E-state index contributed by atoms with van der Waals surface area (Å²) in [6, 6.07) is 10.5. The summed E-state index contributed by atoms with van der Waals surface area (Å²) in [5, 5.41) is 7.47. The summed E-state index contributed by atoms with van der Waals surface area (Å²) in [4.78, 5) is 8.92. The Morgan fingerprint density at radius 1 is 1.24 bits per heavy atom. The van der Waals surface area contributed by atoms with Crippen LogP contribution in [0.5, 0.6) is 0 Å². The Morgan fingerprint density at radius 2 is 2.10 bits per heavy atom. The maximum absolute atomic E-state index is 5.99. The van der Waals surface area contributed by atoms with Crippen LogP contribution in [0.2, 0.25) is 5.02 Å². The minimum atomic E-state index is 0.561. The van der Waals surface area contributed by atoms with E-state index in [1.807, 2.05) is 31.2 Å². The molecular weight excluding hydrogens is 284 g/mol. The fourth-order valence-corrected chi connectivity index (χ4v) is 2.37. The third kappa shape index (κ3) is 4.33. The SMILES string of the molecule is Cc1cc(NCCc2cccc(Cl)c2)nc(NC2CC2)n1. The Morgan fingerprint density at radius 3 is 2.86 bits per heavy atom. The number of hydrogen-bond donors (Lipinski definition) is 2. The van der Waals surface area contributed by atoms with Crippen molar-refractivity contribution in [3.63, 3.8) is 0 Å². The van der Waals surface area contributed by atoms with Gasteiger partial charge in [-0.25, -0.2) is 4.98 Å². The molecule has 21 heavy (non-hydrogen) atoms. The van der Waals surface area contributed by atoms with Gasteiger partial charge in [0, 0.05) is 29.4 Å². The topological polar surface area (TPSA) is 49.8 Å². The van der Waals surface area contributed by atoms with Crippen LogP contribution >= 0.6 is 11.6 Å². The quantitative estimate of drug-likeness (QED) is 0.855. The van der Waals surface area contributed by atoms with Crippen molar-refractivity contribution in [3.05, 3.63) is 46.6 Å². The lowest BCUT2D eigenvalue weighted by Gasteiger charge is -2.09. The lowest BCUT2D eigenvalue weighted by atomic mass is 10.1. The van der Waals surface area contributed by atoms with Gasteiger partial charge in [0.25, 0.3) is 0 Å². The van der Waals surface area contributed by atoms with Crippen LogP contribution in [0.3, 0.4) is 0 Å². The predicted octanol–water partition coefficient (Wildman–Crippen LogP) is 3.67. The molecule has 0 aliphatic heterocycles. The van der Waals surface area contributed by atoms with Gasteiger partial charge in [0.2, 0.25) is 5.95 Å². The molecule has 110 valence electrons. The zero-order valence-corrected chi connectivity index (χ0v) is 12.8. The number of anilines is 2. The molecule has 1 aliphatic rings. The van der Waals surface area contributed by atoms with Crippen molar-refractivity contribution in [2.24, 2.45) is 0 Å². The molecule has 0 bridgehead atoms. The molecule has 3 rings (SSSR count). The van der Waals surface area contributed by atoms with Crippen molar-refractivity contribution < 1.29 is 0 Å². The van der Waals surface area contributed by atoms with Gasteiger partial charge in [-0.2, -0.15) is 4.98 Å². The average molecular weight is 303 g/mol. The van der Waals surface area contributed by atoms with E-state index in [0.29, 0.717) is 6.04 Å². The molecule has 1 fully saturated rings. The van der Waals surface area contributed by atoms with Gasteiger partial charge in [0.15, 0.2) is 0 Å². The molecule has 1 aromatic heterocycles. The zero-order valence-electron chi connectivity index (χ0n) is 12.1. The van der Waals surface area contributed by atoms with Crippen LogP contribution in [0.25, 0.3) is 0 Å². The number of aryl methyl sites for hydroxylation is 1. The second-order valence-electron chi connectivity index (χ2n) is 5.44. The zero-order chi connectivity index (χ0) is 14.7. The van der Waals surface area contributed by atoms with Crippen LogP contribution in [0, 0.1) is 6.92 Å². The van der Waals surface area contributed by atoms with Crippen LogP contribution in [0.1, 0.15) is 24.1 Å². The van der Waals surface area contributed by atoms with E-state index in [4.69, 9.17) is 11.6 Å². The molecule has 0 unspecified atom stereocenters. The smallest absolute Gasteiger partial charge is 0.225 e. The van der Waals surface area contributed by atoms with Crippen molar-refractivity contribution in [3.8, 4) is 0 Å². The third-order valence-corrected chi connectivity index (χ3v) is 3.61. The van der Waals surface area contributed by atoms with Gasteiger partial charge >= 0.3 is 0 Å². The minimum absolute atomic E-state index is 0.561. The monoisotopic (exact) mass is 302 g/mol. The second kappa shape index (κ2) is 6.31. The minimum Gasteiger partial charge on any atom is -0.370 e. The Labute approximate surface area is 130 Å². The molecule has 0 spiro atoms.